The summed E-state index contributed by atoms with van der Waals surface area (Å²) in [7, 11) is 0. The van der Waals surface area contributed by atoms with Gasteiger partial charge in [0, 0.05) is 48.5 Å². The van der Waals surface area contributed by atoms with Crippen LogP contribution in [0.1, 0.15) is 41.0 Å². The van der Waals surface area contributed by atoms with Gasteiger partial charge in [0.25, 0.3) is 0 Å². The predicted octanol–water partition coefficient (Wildman–Crippen LogP) is 5.88. The molecule has 3 aromatic rings. The maximum absolute atomic E-state index is 11.4. The molecule has 0 aliphatic carbocycles. The molecule has 31 heavy (non-hydrogen) atoms. The highest BCUT2D eigenvalue weighted by molar-refractivity contribution is 6.18. The van der Waals surface area contributed by atoms with E-state index in [1.54, 1.807) is 0 Å². The lowest BCUT2D eigenvalue weighted by Gasteiger charge is -2.35. The highest BCUT2D eigenvalue weighted by Crippen LogP contribution is 2.47. The topological polar surface area (TPSA) is 47.6 Å². The minimum absolute atomic E-state index is 0.124. The molecular weight excluding hydrogens is 410 g/mol. The molecule has 1 heterocycles. The van der Waals surface area contributed by atoms with Crippen LogP contribution in [0.3, 0.4) is 0 Å². The Labute approximate surface area is 188 Å². The van der Waals surface area contributed by atoms with Crippen LogP contribution in [0.4, 0.5) is 5.69 Å². The molecule has 1 aliphatic rings. The van der Waals surface area contributed by atoms with Gasteiger partial charge >= 0.3 is 5.97 Å². The van der Waals surface area contributed by atoms with Crippen LogP contribution in [0.25, 0.3) is 0 Å². The summed E-state index contributed by atoms with van der Waals surface area (Å²) in [5.41, 5.74) is 5.84. The highest BCUT2D eigenvalue weighted by atomic mass is 35.5. The molecule has 1 aliphatic heterocycles. The first-order chi connectivity index (χ1) is 15.0. The molecule has 1 N–H and O–H groups in total. The minimum atomic E-state index is -0.343. The monoisotopic (exact) mass is 435 g/mol. The van der Waals surface area contributed by atoms with Gasteiger partial charge in [0.05, 0.1) is 6.61 Å². The number of ether oxygens (including phenoxy) is 2. The minimum Gasteiger partial charge on any atom is -0.492 e. The SMILES string of the molecule is CC(=O)Oc1ccc2c(c1)OCC(c1cccc(C)c1)C2c1ccc(NCCCl)cc1. The van der Waals surface area contributed by atoms with E-state index in [1.165, 1.54) is 23.6 Å². The number of carbonyl (C=O) groups excluding carboxylic acids is 1. The van der Waals surface area contributed by atoms with E-state index in [4.69, 9.17) is 21.1 Å². The number of esters is 1. The van der Waals surface area contributed by atoms with Gasteiger partial charge in [0.2, 0.25) is 0 Å². The average Bonchev–Trinajstić information content (AvgIpc) is 2.77. The van der Waals surface area contributed by atoms with E-state index in [2.05, 4.69) is 60.8 Å². The Morgan fingerprint density at radius 2 is 1.90 bits per heavy atom. The van der Waals surface area contributed by atoms with Gasteiger partial charge in [-0.25, -0.2) is 0 Å². The molecule has 5 heteroatoms. The van der Waals surface area contributed by atoms with Crippen LogP contribution in [0.2, 0.25) is 0 Å². The van der Waals surface area contributed by atoms with Crippen molar-refractivity contribution in [2.24, 2.45) is 0 Å². The summed E-state index contributed by atoms with van der Waals surface area (Å²) >= 11 is 5.80. The van der Waals surface area contributed by atoms with Crippen molar-refractivity contribution in [1.29, 1.82) is 0 Å². The zero-order valence-electron chi connectivity index (χ0n) is 17.7. The summed E-state index contributed by atoms with van der Waals surface area (Å²) in [6.45, 7) is 4.79. The second-order valence-corrected chi connectivity index (χ2v) is 8.22. The van der Waals surface area contributed by atoms with E-state index in [0.717, 1.165) is 23.5 Å². The van der Waals surface area contributed by atoms with E-state index in [0.29, 0.717) is 18.2 Å². The van der Waals surface area contributed by atoms with E-state index in [1.807, 2.05) is 18.2 Å². The Hall–Kier alpha value is -2.98. The largest absolute Gasteiger partial charge is 0.492 e. The summed E-state index contributed by atoms with van der Waals surface area (Å²) in [4.78, 5) is 11.4. The fourth-order valence-corrected chi connectivity index (χ4v) is 4.31. The number of aryl methyl sites for hydroxylation is 1. The van der Waals surface area contributed by atoms with Crippen molar-refractivity contribution in [3.63, 3.8) is 0 Å². The van der Waals surface area contributed by atoms with Crippen LogP contribution >= 0.6 is 11.6 Å². The summed E-state index contributed by atoms with van der Waals surface area (Å²) in [5.74, 6) is 1.78. The number of anilines is 1. The van der Waals surface area contributed by atoms with E-state index in [9.17, 15) is 4.79 Å². The van der Waals surface area contributed by atoms with Crippen LogP contribution in [-0.4, -0.2) is 25.0 Å². The zero-order chi connectivity index (χ0) is 21.8. The Kier molecular flexibility index (Phi) is 6.47. The van der Waals surface area contributed by atoms with Crippen LogP contribution in [0, 0.1) is 6.92 Å². The molecule has 0 fully saturated rings. The predicted molar refractivity (Wildman–Crippen MR) is 125 cm³/mol. The second kappa shape index (κ2) is 9.44. The van der Waals surface area contributed by atoms with Crippen molar-refractivity contribution >= 4 is 23.3 Å². The van der Waals surface area contributed by atoms with Crippen LogP contribution in [-0.2, 0) is 4.79 Å². The summed E-state index contributed by atoms with van der Waals surface area (Å²) in [6, 6.07) is 22.8. The molecule has 0 saturated heterocycles. The van der Waals surface area contributed by atoms with Crippen LogP contribution < -0.4 is 14.8 Å². The van der Waals surface area contributed by atoms with Gasteiger partial charge in [-0.15, -0.1) is 11.6 Å². The average molecular weight is 436 g/mol. The maximum atomic E-state index is 11.4. The fourth-order valence-electron chi connectivity index (χ4n) is 4.22. The lowest BCUT2D eigenvalue weighted by molar-refractivity contribution is -0.131. The van der Waals surface area contributed by atoms with Gasteiger partial charge in [0.15, 0.2) is 0 Å². The number of hydrogen-bond acceptors (Lipinski definition) is 4. The Bertz CT molecular complexity index is 1060. The number of alkyl halides is 1. The molecule has 0 amide bonds. The molecule has 2 unspecified atom stereocenters. The van der Waals surface area contributed by atoms with E-state index in [-0.39, 0.29) is 17.8 Å². The Balaban J connectivity index is 1.75. The Morgan fingerprint density at radius 1 is 1.10 bits per heavy atom. The number of nitrogens with one attached hydrogen (secondary N) is 1. The number of fused-ring (bicyclic) bond motifs is 1. The second-order valence-electron chi connectivity index (χ2n) is 7.84. The first-order valence-corrected chi connectivity index (χ1v) is 11.0. The first kappa shape index (κ1) is 21.3. The van der Waals surface area contributed by atoms with Crippen LogP contribution in [0.5, 0.6) is 11.5 Å². The van der Waals surface area contributed by atoms with Gasteiger partial charge < -0.3 is 14.8 Å². The first-order valence-electron chi connectivity index (χ1n) is 10.5. The lowest BCUT2D eigenvalue weighted by atomic mass is 9.75. The number of carbonyl (C=O) groups is 1. The molecule has 2 atom stereocenters. The van der Waals surface area contributed by atoms with E-state index < -0.39 is 0 Å². The smallest absolute Gasteiger partial charge is 0.308 e. The Morgan fingerprint density at radius 3 is 2.61 bits per heavy atom. The maximum Gasteiger partial charge on any atom is 0.308 e. The third kappa shape index (κ3) is 4.86. The summed E-state index contributed by atoms with van der Waals surface area (Å²) in [5, 5.41) is 3.31. The number of rotatable bonds is 6. The molecule has 4 nitrogen and oxygen atoms in total. The molecular formula is C26H26ClNO3. The molecule has 3 aromatic carbocycles. The molecule has 0 aromatic heterocycles. The third-order valence-corrected chi connectivity index (χ3v) is 5.76. The summed E-state index contributed by atoms with van der Waals surface area (Å²) in [6.07, 6.45) is 0. The normalized spacial score (nSPS) is 17.4. The molecule has 0 radical (unpaired) electrons. The van der Waals surface area contributed by atoms with Crippen molar-refractivity contribution in [1.82, 2.24) is 0 Å². The van der Waals surface area contributed by atoms with Crippen molar-refractivity contribution in [2.75, 3.05) is 24.3 Å². The summed E-state index contributed by atoms with van der Waals surface area (Å²) < 4.78 is 11.4. The van der Waals surface area contributed by atoms with Crippen molar-refractivity contribution in [2.45, 2.75) is 25.7 Å². The number of benzene rings is 3. The molecule has 160 valence electrons. The third-order valence-electron chi connectivity index (χ3n) is 5.57. The lowest BCUT2D eigenvalue weighted by Crippen LogP contribution is -2.25. The molecule has 0 saturated carbocycles. The fraction of sp³-hybridized carbons (Fsp3) is 0.269. The van der Waals surface area contributed by atoms with E-state index >= 15 is 0 Å². The van der Waals surface area contributed by atoms with Gasteiger partial charge in [0.1, 0.15) is 11.5 Å². The van der Waals surface area contributed by atoms with Crippen molar-refractivity contribution < 1.29 is 14.3 Å². The zero-order valence-corrected chi connectivity index (χ0v) is 18.5. The highest BCUT2D eigenvalue weighted by Gasteiger charge is 2.33. The quantitative estimate of drug-likeness (QED) is 0.298. The van der Waals surface area contributed by atoms with Gasteiger partial charge in [-0.3, -0.25) is 4.79 Å². The van der Waals surface area contributed by atoms with Gasteiger partial charge in [-0.1, -0.05) is 48.0 Å². The molecule has 0 spiro atoms. The van der Waals surface area contributed by atoms with Gasteiger partial charge in [-0.05, 0) is 36.2 Å². The standard InChI is InChI=1S/C26H26ClNO3/c1-17-4-3-5-20(14-17)24-16-30-25-15-22(31-18(2)29)10-11-23(25)26(24)19-6-8-21(9-7-19)28-13-12-27/h3-11,14-15,24,26,28H,12-13,16H2,1-2H3. The van der Waals surface area contributed by atoms with Crippen molar-refractivity contribution in [3.05, 3.63) is 89.0 Å². The number of halogens is 1. The van der Waals surface area contributed by atoms with Crippen molar-refractivity contribution in [3.8, 4) is 11.5 Å². The van der Waals surface area contributed by atoms with Crippen LogP contribution in [0.15, 0.2) is 66.7 Å². The molecule has 0 bridgehead atoms. The molecule has 4 rings (SSSR count). The van der Waals surface area contributed by atoms with Gasteiger partial charge in [-0.2, -0.15) is 0 Å². The number of hydrogen-bond donors (Lipinski definition) is 1.